The van der Waals surface area contributed by atoms with Crippen LogP contribution in [0.25, 0.3) is 0 Å². The van der Waals surface area contributed by atoms with Crippen molar-refractivity contribution >= 4 is 5.91 Å². The highest BCUT2D eigenvalue weighted by atomic mass is 16.5. The van der Waals surface area contributed by atoms with E-state index in [1.54, 1.807) is 0 Å². The number of hydrogen-bond donors (Lipinski definition) is 0. The van der Waals surface area contributed by atoms with Crippen molar-refractivity contribution < 1.29 is 14.3 Å². The molecule has 0 aromatic heterocycles. The van der Waals surface area contributed by atoms with E-state index >= 15 is 0 Å². The predicted molar refractivity (Wildman–Crippen MR) is 101 cm³/mol. The van der Waals surface area contributed by atoms with Crippen molar-refractivity contribution in [2.24, 2.45) is 5.41 Å². The van der Waals surface area contributed by atoms with Crippen LogP contribution in [-0.2, 0) is 14.3 Å². The Hall–Kier alpha value is -0.650. The molecule has 5 nitrogen and oxygen atoms in total. The molecule has 0 aromatic carbocycles. The van der Waals surface area contributed by atoms with E-state index < -0.39 is 0 Å². The van der Waals surface area contributed by atoms with Gasteiger partial charge in [-0.05, 0) is 44.9 Å². The lowest BCUT2D eigenvalue weighted by molar-refractivity contribution is -0.141. The third-order valence-corrected chi connectivity index (χ3v) is 4.95. The second kappa shape index (κ2) is 9.33. The maximum absolute atomic E-state index is 12.1. The summed E-state index contributed by atoms with van der Waals surface area (Å²) < 4.78 is 11.8. The smallest absolute Gasteiger partial charge is 0.248 e. The lowest BCUT2D eigenvalue weighted by atomic mass is 9.94. The number of amides is 1. The van der Waals surface area contributed by atoms with Gasteiger partial charge in [-0.25, -0.2) is 0 Å². The highest BCUT2D eigenvalue weighted by molar-refractivity contribution is 5.77. The van der Waals surface area contributed by atoms with Gasteiger partial charge >= 0.3 is 0 Å². The Labute approximate surface area is 154 Å². The summed E-state index contributed by atoms with van der Waals surface area (Å²) in [5.74, 6) is 0.114. The molecule has 0 unspecified atom stereocenters. The van der Waals surface area contributed by atoms with Crippen LogP contribution in [0.2, 0.25) is 0 Å². The van der Waals surface area contributed by atoms with Crippen LogP contribution >= 0.6 is 0 Å². The van der Waals surface area contributed by atoms with E-state index in [4.69, 9.17) is 9.47 Å². The van der Waals surface area contributed by atoms with Crippen molar-refractivity contribution in [3.63, 3.8) is 0 Å². The second-order valence-electron chi connectivity index (χ2n) is 9.11. The van der Waals surface area contributed by atoms with Gasteiger partial charge in [0.15, 0.2) is 0 Å². The molecule has 0 bridgehead atoms. The topological polar surface area (TPSA) is 42.0 Å². The molecule has 2 heterocycles. The van der Waals surface area contributed by atoms with Gasteiger partial charge in [-0.1, -0.05) is 20.8 Å². The molecule has 0 atom stereocenters. The SMILES string of the molecule is CC(C)OCC(=O)N1CCC(OC2CCN(CC(C)(C)C)CC2)CC1. The first kappa shape index (κ1) is 20.7. The average Bonchev–Trinajstić information content (AvgIpc) is 2.54. The summed E-state index contributed by atoms with van der Waals surface area (Å²) in [6.07, 6.45) is 5.00. The van der Waals surface area contributed by atoms with Crippen LogP contribution in [-0.4, -0.2) is 73.3 Å². The average molecular weight is 355 g/mol. The predicted octanol–water partition coefficient (Wildman–Crippen LogP) is 2.93. The molecule has 0 radical (unpaired) electrons. The largest absolute Gasteiger partial charge is 0.375 e. The van der Waals surface area contributed by atoms with Gasteiger partial charge in [-0.2, -0.15) is 0 Å². The summed E-state index contributed by atoms with van der Waals surface area (Å²) in [5.41, 5.74) is 0.367. The molecule has 0 spiro atoms. The molecule has 5 heteroatoms. The van der Waals surface area contributed by atoms with Crippen molar-refractivity contribution in [2.75, 3.05) is 39.3 Å². The van der Waals surface area contributed by atoms with Gasteiger partial charge in [0.1, 0.15) is 6.61 Å². The number of rotatable bonds is 6. The van der Waals surface area contributed by atoms with Gasteiger partial charge in [0.2, 0.25) is 5.91 Å². The van der Waals surface area contributed by atoms with Gasteiger partial charge in [0, 0.05) is 32.7 Å². The molecule has 2 fully saturated rings. The fourth-order valence-corrected chi connectivity index (χ4v) is 3.72. The Balaban J connectivity index is 1.63. The molecular weight excluding hydrogens is 316 g/mol. The maximum Gasteiger partial charge on any atom is 0.248 e. The van der Waals surface area contributed by atoms with E-state index in [1.165, 1.54) is 6.54 Å². The quantitative estimate of drug-likeness (QED) is 0.735. The summed E-state index contributed by atoms with van der Waals surface area (Å²) in [7, 11) is 0. The molecule has 0 aliphatic carbocycles. The number of nitrogens with zero attached hydrogens (tertiary/aromatic N) is 2. The van der Waals surface area contributed by atoms with E-state index in [-0.39, 0.29) is 18.6 Å². The Bertz CT molecular complexity index is 404. The Morgan fingerprint density at radius 3 is 2.00 bits per heavy atom. The number of hydrogen-bond acceptors (Lipinski definition) is 4. The molecule has 2 rings (SSSR count). The van der Waals surface area contributed by atoms with E-state index in [0.29, 0.717) is 17.6 Å². The second-order valence-corrected chi connectivity index (χ2v) is 9.11. The molecule has 1 amide bonds. The first-order valence-electron chi connectivity index (χ1n) is 10.00. The van der Waals surface area contributed by atoms with Gasteiger partial charge in [-0.3, -0.25) is 4.79 Å². The molecular formula is C20H38N2O3. The van der Waals surface area contributed by atoms with Crippen molar-refractivity contribution in [2.45, 2.75) is 78.6 Å². The molecule has 2 saturated heterocycles. The van der Waals surface area contributed by atoms with E-state index in [9.17, 15) is 4.79 Å². The summed E-state index contributed by atoms with van der Waals surface area (Å²) in [4.78, 5) is 16.6. The highest BCUT2D eigenvalue weighted by Gasteiger charge is 2.28. The number of carbonyl (C=O) groups excluding carboxylic acids is 1. The normalized spacial score (nSPS) is 21.9. The Morgan fingerprint density at radius 2 is 1.52 bits per heavy atom. The minimum Gasteiger partial charge on any atom is -0.375 e. The molecule has 146 valence electrons. The zero-order chi connectivity index (χ0) is 18.4. The number of carbonyl (C=O) groups is 1. The van der Waals surface area contributed by atoms with Crippen molar-refractivity contribution in [3.8, 4) is 0 Å². The third kappa shape index (κ3) is 7.63. The molecule has 0 aromatic rings. The van der Waals surface area contributed by atoms with Crippen molar-refractivity contribution in [1.82, 2.24) is 9.80 Å². The third-order valence-electron chi connectivity index (χ3n) is 4.95. The first-order chi connectivity index (χ1) is 11.7. The lowest BCUT2D eigenvalue weighted by Gasteiger charge is -2.38. The van der Waals surface area contributed by atoms with Gasteiger partial charge in [0.05, 0.1) is 18.3 Å². The van der Waals surface area contributed by atoms with Gasteiger partial charge in [-0.15, -0.1) is 0 Å². The number of likely N-dealkylation sites (tertiary alicyclic amines) is 2. The number of piperidine rings is 2. The molecule has 2 aliphatic heterocycles. The first-order valence-corrected chi connectivity index (χ1v) is 10.00. The van der Waals surface area contributed by atoms with Crippen molar-refractivity contribution in [3.05, 3.63) is 0 Å². The van der Waals surface area contributed by atoms with Gasteiger partial charge in [0.25, 0.3) is 0 Å². The lowest BCUT2D eigenvalue weighted by Crippen LogP contribution is -2.45. The molecule has 0 saturated carbocycles. The standard InChI is InChI=1S/C20H38N2O3/c1-16(2)24-14-19(23)22-12-8-18(9-13-22)25-17-6-10-21(11-7-17)15-20(3,4)5/h16-18H,6-15H2,1-5H3. The fourth-order valence-electron chi connectivity index (χ4n) is 3.72. The van der Waals surface area contributed by atoms with Crippen LogP contribution in [0, 0.1) is 5.41 Å². The minimum atomic E-state index is 0.106. The van der Waals surface area contributed by atoms with E-state index in [0.717, 1.165) is 51.9 Å². The van der Waals surface area contributed by atoms with Crippen molar-refractivity contribution in [1.29, 1.82) is 0 Å². The molecule has 2 aliphatic rings. The van der Waals surface area contributed by atoms with Gasteiger partial charge < -0.3 is 19.3 Å². The Kier molecular flexibility index (Phi) is 7.71. The van der Waals surface area contributed by atoms with E-state index in [2.05, 4.69) is 25.7 Å². The zero-order valence-electron chi connectivity index (χ0n) is 16.9. The summed E-state index contributed by atoms with van der Waals surface area (Å²) in [5, 5.41) is 0. The summed E-state index contributed by atoms with van der Waals surface area (Å²) in [6, 6.07) is 0. The van der Waals surface area contributed by atoms with Crippen LogP contribution in [0.15, 0.2) is 0 Å². The minimum absolute atomic E-state index is 0.106. The number of ether oxygens (including phenoxy) is 2. The van der Waals surface area contributed by atoms with Crippen LogP contribution < -0.4 is 0 Å². The summed E-state index contributed by atoms with van der Waals surface area (Å²) >= 11 is 0. The highest BCUT2D eigenvalue weighted by Crippen LogP contribution is 2.23. The Morgan fingerprint density at radius 1 is 1.00 bits per heavy atom. The zero-order valence-corrected chi connectivity index (χ0v) is 16.9. The molecule has 0 N–H and O–H groups in total. The summed E-state index contributed by atoms with van der Waals surface area (Å²) in [6.45, 7) is 16.1. The van der Waals surface area contributed by atoms with Crippen LogP contribution in [0.5, 0.6) is 0 Å². The fraction of sp³-hybridized carbons (Fsp3) is 0.950. The van der Waals surface area contributed by atoms with Crippen LogP contribution in [0.4, 0.5) is 0 Å². The van der Waals surface area contributed by atoms with Crippen LogP contribution in [0.1, 0.15) is 60.3 Å². The van der Waals surface area contributed by atoms with E-state index in [1.807, 2.05) is 18.7 Å². The monoisotopic (exact) mass is 354 g/mol. The maximum atomic E-state index is 12.1. The molecule has 25 heavy (non-hydrogen) atoms. The van der Waals surface area contributed by atoms with Crippen LogP contribution in [0.3, 0.4) is 0 Å².